The molecule has 0 aliphatic rings. The van der Waals surface area contributed by atoms with Gasteiger partial charge in [0, 0.05) is 0 Å². The van der Waals surface area contributed by atoms with Crippen LogP contribution in [-0.2, 0) is 4.89 Å². The van der Waals surface area contributed by atoms with E-state index in [0.717, 1.165) is 6.42 Å². The third kappa shape index (κ3) is 8.26. The summed E-state index contributed by atoms with van der Waals surface area (Å²) in [6, 6.07) is 0. The number of rotatable bonds is 5. The predicted octanol–water partition coefficient (Wildman–Crippen LogP) is 3.72. The van der Waals surface area contributed by atoms with Crippen molar-refractivity contribution in [2.24, 2.45) is 10.8 Å². The van der Waals surface area contributed by atoms with E-state index in [4.69, 9.17) is 5.26 Å². The Labute approximate surface area is 82.2 Å². The third-order valence-electron chi connectivity index (χ3n) is 2.24. The Morgan fingerprint density at radius 3 is 1.92 bits per heavy atom. The molecular formula is C11H24O2. The maximum atomic E-state index is 8.36. The van der Waals surface area contributed by atoms with Gasteiger partial charge < -0.3 is 0 Å². The summed E-state index contributed by atoms with van der Waals surface area (Å²) in [6.45, 7) is 11.4. The topological polar surface area (TPSA) is 29.5 Å². The van der Waals surface area contributed by atoms with Crippen molar-refractivity contribution in [3.63, 3.8) is 0 Å². The molecule has 1 N–H and O–H groups in total. The Bertz CT molecular complexity index is 134. The van der Waals surface area contributed by atoms with Crippen molar-refractivity contribution >= 4 is 0 Å². The van der Waals surface area contributed by atoms with Crippen molar-refractivity contribution in [1.29, 1.82) is 0 Å². The van der Waals surface area contributed by atoms with Crippen LogP contribution in [0.4, 0.5) is 0 Å². The first-order chi connectivity index (χ1) is 5.77. The molecule has 0 heterocycles. The molecule has 0 fully saturated rings. The van der Waals surface area contributed by atoms with Gasteiger partial charge in [-0.1, -0.05) is 41.0 Å². The van der Waals surface area contributed by atoms with Crippen molar-refractivity contribution in [3.05, 3.63) is 0 Å². The summed E-state index contributed by atoms with van der Waals surface area (Å²) >= 11 is 0. The van der Waals surface area contributed by atoms with Gasteiger partial charge in [-0.2, -0.15) is 0 Å². The minimum Gasteiger partial charge on any atom is -0.252 e. The van der Waals surface area contributed by atoms with Gasteiger partial charge in [-0.25, -0.2) is 4.89 Å². The van der Waals surface area contributed by atoms with E-state index in [-0.39, 0.29) is 5.41 Å². The van der Waals surface area contributed by atoms with Gasteiger partial charge in [-0.15, -0.1) is 0 Å². The van der Waals surface area contributed by atoms with E-state index in [1.807, 2.05) is 0 Å². The second kappa shape index (κ2) is 4.97. The van der Waals surface area contributed by atoms with E-state index in [1.54, 1.807) is 0 Å². The van der Waals surface area contributed by atoms with E-state index in [0.29, 0.717) is 12.0 Å². The molecule has 0 unspecified atom stereocenters. The first-order valence-corrected chi connectivity index (χ1v) is 5.03. The Kier molecular flexibility index (Phi) is 4.93. The molecule has 0 atom stereocenters. The van der Waals surface area contributed by atoms with Crippen molar-refractivity contribution < 1.29 is 10.1 Å². The first-order valence-electron chi connectivity index (χ1n) is 5.03. The number of hydrogen-bond acceptors (Lipinski definition) is 2. The molecule has 0 saturated carbocycles. The van der Waals surface area contributed by atoms with Crippen molar-refractivity contribution in [2.75, 3.05) is 6.61 Å². The van der Waals surface area contributed by atoms with Crippen molar-refractivity contribution in [3.8, 4) is 0 Å². The SMILES string of the molecule is CC(C)(C)CCCC(C)(C)COO. The first kappa shape index (κ1) is 12.9. The summed E-state index contributed by atoms with van der Waals surface area (Å²) in [7, 11) is 0. The molecule has 80 valence electrons. The van der Waals surface area contributed by atoms with Gasteiger partial charge in [0.05, 0.1) is 6.61 Å². The average Bonchev–Trinajstić information content (AvgIpc) is 1.82. The summed E-state index contributed by atoms with van der Waals surface area (Å²) in [4.78, 5) is 4.19. The minimum absolute atomic E-state index is 0.0972. The molecule has 0 aliphatic carbocycles. The fraction of sp³-hybridized carbons (Fsp3) is 1.00. The Hall–Kier alpha value is -0.0800. The molecule has 0 spiro atoms. The van der Waals surface area contributed by atoms with Crippen LogP contribution >= 0.6 is 0 Å². The molecule has 0 saturated heterocycles. The molecule has 2 heteroatoms. The van der Waals surface area contributed by atoms with Crippen LogP contribution in [0.3, 0.4) is 0 Å². The standard InChI is InChI=1S/C11H24O2/c1-10(2,3)7-6-8-11(4,5)9-13-12/h12H,6-9H2,1-5H3. The van der Waals surface area contributed by atoms with Crippen LogP contribution in [0, 0.1) is 10.8 Å². The zero-order valence-corrected chi connectivity index (χ0v) is 9.68. The van der Waals surface area contributed by atoms with Gasteiger partial charge in [0.25, 0.3) is 0 Å². The smallest absolute Gasteiger partial charge is 0.0870 e. The summed E-state index contributed by atoms with van der Waals surface area (Å²) in [6.07, 6.45) is 3.52. The molecule has 2 nitrogen and oxygen atoms in total. The average molecular weight is 188 g/mol. The summed E-state index contributed by atoms with van der Waals surface area (Å²) in [5.41, 5.74) is 0.510. The van der Waals surface area contributed by atoms with Gasteiger partial charge in [-0.3, -0.25) is 5.26 Å². The largest absolute Gasteiger partial charge is 0.252 e. The van der Waals surface area contributed by atoms with Crippen LogP contribution in [0.1, 0.15) is 53.9 Å². The van der Waals surface area contributed by atoms with Gasteiger partial charge in [-0.05, 0) is 23.7 Å². The number of hydrogen-bond donors (Lipinski definition) is 1. The highest BCUT2D eigenvalue weighted by atomic mass is 17.1. The fourth-order valence-corrected chi connectivity index (χ4v) is 1.34. The maximum absolute atomic E-state index is 8.36. The third-order valence-corrected chi connectivity index (χ3v) is 2.24. The predicted molar refractivity (Wildman–Crippen MR) is 55.7 cm³/mol. The Balaban J connectivity index is 3.63. The normalized spacial score (nSPS) is 13.4. The molecule has 0 bridgehead atoms. The summed E-state index contributed by atoms with van der Waals surface area (Å²) < 4.78 is 0. The Morgan fingerprint density at radius 1 is 1.00 bits per heavy atom. The monoisotopic (exact) mass is 188 g/mol. The van der Waals surface area contributed by atoms with Gasteiger partial charge in [0.1, 0.15) is 0 Å². The van der Waals surface area contributed by atoms with Crippen LogP contribution in [0.15, 0.2) is 0 Å². The highest BCUT2D eigenvalue weighted by Crippen LogP contribution is 2.28. The van der Waals surface area contributed by atoms with Crippen molar-refractivity contribution in [2.45, 2.75) is 53.9 Å². The lowest BCUT2D eigenvalue weighted by molar-refractivity contribution is -0.260. The van der Waals surface area contributed by atoms with E-state index < -0.39 is 0 Å². The van der Waals surface area contributed by atoms with Gasteiger partial charge in [0.15, 0.2) is 0 Å². The molecule has 0 aromatic carbocycles. The van der Waals surface area contributed by atoms with E-state index in [1.165, 1.54) is 12.8 Å². The van der Waals surface area contributed by atoms with Crippen LogP contribution in [0.2, 0.25) is 0 Å². The molecule has 0 amide bonds. The molecule has 0 rings (SSSR count). The molecule has 13 heavy (non-hydrogen) atoms. The lowest BCUT2D eigenvalue weighted by Gasteiger charge is -2.25. The van der Waals surface area contributed by atoms with Crippen molar-refractivity contribution in [1.82, 2.24) is 0 Å². The van der Waals surface area contributed by atoms with Crippen LogP contribution in [-0.4, -0.2) is 11.9 Å². The van der Waals surface area contributed by atoms with Crippen LogP contribution < -0.4 is 0 Å². The molecule has 0 aliphatic heterocycles. The molecule has 0 aromatic heterocycles. The zero-order valence-electron chi connectivity index (χ0n) is 9.68. The van der Waals surface area contributed by atoms with Gasteiger partial charge >= 0.3 is 0 Å². The minimum atomic E-state index is 0.0972. The zero-order chi connectivity index (χ0) is 10.5. The van der Waals surface area contributed by atoms with E-state index in [2.05, 4.69) is 39.5 Å². The van der Waals surface area contributed by atoms with Crippen LogP contribution in [0.25, 0.3) is 0 Å². The molecule has 0 aromatic rings. The molecular weight excluding hydrogens is 164 g/mol. The quantitative estimate of drug-likeness (QED) is 0.526. The van der Waals surface area contributed by atoms with Crippen LogP contribution in [0.5, 0.6) is 0 Å². The van der Waals surface area contributed by atoms with E-state index >= 15 is 0 Å². The highest BCUT2D eigenvalue weighted by molar-refractivity contribution is 4.69. The second-order valence-corrected chi connectivity index (χ2v) is 5.85. The maximum Gasteiger partial charge on any atom is 0.0870 e. The fourth-order valence-electron chi connectivity index (χ4n) is 1.34. The highest BCUT2D eigenvalue weighted by Gasteiger charge is 2.19. The summed E-state index contributed by atoms with van der Waals surface area (Å²) in [5, 5.41) is 8.36. The van der Waals surface area contributed by atoms with E-state index in [9.17, 15) is 0 Å². The molecule has 0 radical (unpaired) electrons. The lowest BCUT2D eigenvalue weighted by atomic mass is 9.83. The Morgan fingerprint density at radius 2 is 1.54 bits per heavy atom. The van der Waals surface area contributed by atoms with Gasteiger partial charge in [0.2, 0.25) is 0 Å². The second-order valence-electron chi connectivity index (χ2n) is 5.85. The summed E-state index contributed by atoms with van der Waals surface area (Å²) in [5.74, 6) is 0. The lowest BCUT2D eigenvalue weighted by Crippen LogP contribution is -2.19.